The molecular formula is C24H32Br2O4. The molecule has 1 heterocycles. The van der Waals surface area contributed by atoms with Crippen LogP contribution >= 0.6 is 31.9 Å². The number of hydrogen-bond acceptors (Lipinski definition) is 4. The second-order valence-corrected chi connectivity index (χ2v) is 13.2. The number of ether oxygens (including phenoxy) is 2. The number of rotatable bonds is 1. The second-order valence-electron chi connectivity index (χ2n) is 11.3. The van der Waals surface area contributed by atoms with E-state index in [-0.39, 0.29) is 33.3 Å². The molecule has 0 radical (unpaired) electrons. The van der Waals surface area contributed by atoms with Crippen molar-refractivity contribution in [1.82, 2.24) is 0 Å². The Balaban J connectivity index is 1.55. The maximum Gasteiger partial charge on any atom is 0.183 e. The quantitative estimate of drug-likeness (QED) is 0.398. The Kier molecular flexibility index (Phi) is 4.73. The first-order valence-electron chi connectivity index (χ1n) is 11.3. The van der Waals surface area contributed by atoms with E-state index >= 15 is 0 Å². The molecule has 1 aliphatic heterocycles. The SMILES string of the molecule is CC(=O)[C@@]12OC(C)(C)O[C@@H]1C[C@H]1[C@@H]3CCC4=C(Br)C(=O)[C@H](Br)C[C@]4(C)[C@H]3CC[C@@]12C. The number of hydrogen-bond donors (Lipinski definition) is 0. The molecule has 0 bridgehead atoms. The third-order valence-corrected chi connectivity index (χ3v) is 11.2. The standard InChI is InChI=1S/C24H32Br2O4/c1-12(27)24-18(29-21(2,3)30-24)10-16-13-6-7-15-19(26)20(28)17(25)11-22(15,4)14(13)8-9-23(16,24)5/h13-14,16-18H,6-11H2,1-5H3/t13-,14+,16+,17-,18-,22-,23+,24-/m1/s1. The number of fused-ring (bicyclic) bond motifs is 7. The molecule has 0 aromatic rings. The summed E-state index contributed by atoms with van der Waals surface area (Å²) in [6, 6.07) is 0. The highest BCUT2D eigenvalue weighted by atomic mass is 79.9. The van der Waals surface area contributed by atoms with Crippen LogP contribution in [-0.4, -0.2) is 33.9 Å². The lowest BCUT2D eigenvalue weighted by molar-refractivity contribution is -0.214. The van der Waals surface area contributed by atoms with Gasteiger partial charge in [0.1, 0.15) is 0 Å². The minimum absolute atomic E-state index is 0.0211. The first-order chi connectivity index (χ1) is 13.9. The molecule has 0 aromatic carbocycles. The van der Waals surface area contributed by atoms with E-state index in [1.165, 1.54) is 5.57 Å². The summed E-state index contributed by atoms with van der Waals surface area (Å²) in [6.07, 6.45) is 5.67. The summed E-state index contributed by atoms with van der Waals surface area (Å²) >= 11 is 7.31. The van der Waals surface area contributed by atoms with Crippen molar-refractivity contribution in [3.63, 3.8) is 0 Å². The van der Waals surface area contributed by atoms with E-state index in [0.717, 1.165) is 43.0 Å². The predicted octanol–water partition coefficient (Wildman–Crippen LogP) is 5.70. The summed E-state index contributed by atoms with van der Waals surface area (Å²) in [5.74, 6) is 1.06. The summed E-state index contributed by atoms with van der Waals surface area (Å²) in [4.78, 5) is 25.6. The Labute approximate surface area is 196 Å². The van der Waals surface area contributed by atoms with Gasteiger partial charge >= 0.3 is 0 Å². The number of carbonyl (C=O) groups is 2. The lowest BCUT2D eigenvalue weighted by Crippen LogP contribution is -2.60. The van der Waals surface area contributed by atoms with Crippen molar-refractivity contribution in [3.8, 4) is 0 Å². The Morgan fingerprint density at radius 3 is 2.50 bits per heavy atom. The Morgan fingerprint density at radius 1 is 1.13 bits per heavy atom. The predicted molar refractivity (Wildman–Crippen MR) is 122 cm³/mol. The van der Waals surface area contributed by atoms with Gasteiger partial charge in [0.05, 0.1) is 15.4 Å². The zero-order valence-corrected chi connectivity index (χ0v) is 21.7. The number of carbonyl (C=O) groups excluding carboxylic acids is 2. The molecule has 8 atom stereocenters. The van der Waals surface area contributed by atoms with Gasteiger partial charge in [-0.25, -0.2) is 0 Å². The zero-order chi connectivity index (χ0) is 21.9. The molecule has 0 N–H and O–H groups in total. The van der Waals surface area contributed by atoms with Crippen LogP contribution in [0.5, 0.6) is 0 Å². The normalized spacial score (nSPS) is 51.8. The minimum atomic E-state index is -0.829. The van der Waals surface area contributed by atoms with Gasteiger partial charge in [0.2, 0.25) is 0 Å². The number of alkyl halides is 1. The fourth-order valence-corrected chi connectivity index (χ4v) is 10.6. The van der Waals surface area contributed by atoms with Crippen molar-refractivity contribution < 1.29 is 19.1 Å². The van der Waals surface area contributed by atoms with Crippen LogP contribution in [-0.2, 0) is 19.1 Å². The average Bonchev–Trinajstić information content (AvgIpc) is 3.06. The van der Waals surface area contributed by atoms with Crippen LogP contribution in [0.2, 0.25) is 0 Å². The van der Waals surface area contributed by atoms with Crippen molar-refractivity contribution in [2.45, 2.75) is 95.5 Å². The van der Waals surface area contributed by atoms with Crippen molar-refractivity contribution in [3.05, 3.63) is 10.1 Å². The highest BCUT2D eigenvalue weighted by Crippen LogP contribution is 2.71. The largest absolute Gasteiger partial charge is 0.344 e. The molecule has 5 rings (SSSR count). The average molecular weight is 544 g/mol. The minimum Gasteiger partial charge on any atom is -0.344 e. The third kappa shape index (κ3) is 2.51. The first kappa shape index (κ1) is 21.8. The van der Waals surface area contributed by atoms with E-state index < -0.39 is 11.4 Å². The van der Waals surface area contributed by atoms with Crippen molar-refractivity contribution in [2.75, 3.05) is 0 Å². The molecule has 1 saturated heterocycles. The fourth-order valence-electron chi connectivity index (χ4n) is 8.44. The van der Waals surface area contributed by atoms with Gasteiger partial charge in [0.15, 0.2) is 23.0 Å². The molecule has 4 fully saturated rings. The lowest BCUT2D eigenvalue weighted by Gasteiger charge is -2.59. The van der Waals surface area contributed by atoms with Gasteiger partial charge < -0.3 is 9.47 Å². The summed E-state index contributed by atoms with van der Waals surface area (Å²) in [7, 11) is 0. The van der Waals surface area contributed by atoms with Gasteiger partial charge in [0.25, 0.3) is 0 Å². The molecule has 4 nitrogen and oxygen atoms in total. The second kappa shape index (κ2) is 6.51. The summed E-state index contributed by atoms with van der Waals surface area (Å²) in [5.41, 5.74) is 0.310. The van der Waals surface area contributed by atoms with Gasteiger partial charge in [-0.3, -0.25) is 9.59 Å². The highest BCUT2D eigenvalue weighted by molar-refractivity contribution is 9.12. The van der Waals surface area contributed by atoms with Crippen LogP contribution in [0.15, 0.2) is 10.1 Å². The molecule has 0 aromatic heterocycles. The van der Waals surface area contributed by atoms with Gasteiger partial charge in [0, 0.05) is 5.41 Å². The van der Waals surface area contributed by atoms with Crippen molar-refractivity contribution >= 4 is 43.4 Å². The van der Waals surface area contributed by atoms with Crippen LogP contribution in [0.4, 0.5) is 0 Å². The van der Waals surface area contributed by atoms with Crippen LogP contribution < -0.4 is 0 Å². The summed E-state index contributed by atoms with van der Waals surface area (Å²) in [5, 5.41) is 0. The Hall–Kier alpha value is -0.0400. The number of allylic oxidation sites excluding steroid dienone is 1. The van der Waals surface area contributed by atoms with E-state index in [0.29, 0.717) is 17.8 Å². The molecular weight excluding hydrogens is 512 g/mol. The Morgan fingerprint density at radius 2 is 1.83 bits per heavy atom. The number of ketones is 2. The zero-order valence-electron chi connectivity index (χ0n) is 18.5. The molecule has 4 aliphatic carbocycles. The van der Waals surface area contributed by atoms with Gasteiger partial charge in [-0.15, -0.1) is 0 Å². The molecule has 6 heteroatoms. The van der Waals surface area contributed by atoms with Crippen molar-refractivity contribution in [1.29, 1.82) is 0 Å². The van der Waals surface area contributed by atoms with Crippen LogP contribution in [0.25, 0.3) is 0 Å². The molecule has 30 heavy (non-hydrogen) atoms. The van der Waals surface area contributed by atoms with Crippen molar-refractivity contribution in [2.24, 2.45) is 28.6 Å². The van der Waals surface area contributed by atoms with Crippen LogP contribution in [0.1, 0.15) is 73.1 Å². The maximum atomic E-state index is 13.1. The molecule has 166 valence electrons. The Bertz CT molecular complexity index is 865. The molecule has 5 aliphatic rings. The van der Waals surface area contributed by atoms with Gasteiger partial charge in [-0.05, 0) is 104 Å². The molecule has 0 amide bonds. The third-order valence-electron chi connectivity index (χ3n) is 9.56. The summed E-state index contributed by atoms with van der Waals surface area (Å²) < 4.78 is 13.7. The number of Topliss-reactive ketones (excluding diaryl/α,β-unsaturated/α-hetero) is 2. The molecule has 0 spiro atoms. The summed E-state index contributed by atoms with van der Waals surface area (Å²) in [6.45, 7) is 10.2. The number of halogens is 2. The molecule has 3 saturated carbocycles. The van der Waals surface area contributed by atoms with E-state index in [9.17, 15) is 9.59 Å². The monoisotopic (exact) mass is 542 g/mol. The highest BCUT2D eigenvalue weighted by Gasteiger charge is 2.75. The van der Waals surface area contributed by atoms with Crippen LogP contribution in [0.3, 0.4) is 0 Å². The fraction of sp³-hybridized carbons (Fsp3) is 0.833. The molecule has 0 unspecified atom stereocenters. The lowest BCUT2D eigenvalue weighted by atomic mass is 9.46. The van der Waals surface area contributed by atoms with Crippen LogP contribution in [0, 0.1) is 28.6 Å². The topological polar surface area (TPSA) is 52.6 Å². The van der Waals surface area contributed by atoms with Gasteiger partial charge in [-0.2, -0.15) is 0 Å². The van der Waals surface area contributed by atoms with E-state index in [1.807, 2.05) is 13.8 Å². The smallest absolute Gasteiger partial charge is 0.183 e. The van der Waals surface area contributed by atoms with E-state index in [4.69, 9.17) is 9.47 Å². The van der Waals surface area contributed by atoms with E-state index in [2.05, 4.69) is 45.7 Å². The first-order valence-corrected chi connectivity index (χ1v) is 13.0. The van der Waals surface area contributed by atoms with Gasteiger partial charge in [-0.1, -0.05) is 29.8 Å². The van der Waals surface area contributed by atoms with E-state index in [1.54, 1.807) is 6.92 Å². The maximum absolute atomic E-state index is 13.1.